The van der Waals surface area contributed by atoms with Gasteiger partial charge in [-0.05, 0) is 66.5 Å². The fraction of sp³-hybridized carbons (Fsp3) is 0.500. The van der Waals surface area contributed by atoms with Gasteiger partial charge < -0.3 is 5.32 Å². The van der Waals surface area contributed by atoms with Crippen LogP contribution in [0.2, 0.25) is 0 Å². The number of allylic oxidation sites excluding steroid dienone is 11. The summed E-state index contributed by atoms with van der Waals surface area (Å²) in [5, 5.41) is 3.42. The Morgan fingerprint density at radius 2 is 1.31 bits per heavy atom. The third kappa shape index (κ3) is 9.83. The number of rotatable bonds is 12. The van der Waals surface area contributed by atoms with E-state index in [0.29, 0.717) is 23.7 Å². The van der Waals surface area contributed by atoms with Crippen molar-refractivity contribution in [2.24, 2.45) is 23.7 Å². The Bertz CT molecular complexity index is 660. The second-order valence-corrected chi connectivity index (χ2v) is 8.44. The molecule has 0 aromatic rings. The zero-order valence-corrected chi connectivity index (χ0v) is 20.4. The molecule has 0 saturated heterocycles. The van der Waals surface area contributed by atoms with Crippen molar-refractivity contribution < 1.29 is 0 Å². The van der Waals surface area contributed by atoms with E-state index in [9.17, 15) is 0 Å². The Kier molecular flexibility index (Phi) is 13.9. The van der Waals surface area contributed by atoms with Gasteiger partial charge in [-0.2, -0.15) is 0 Å². The predicted molar refractivity (Wildman–Crippen MR) is 134 cm³/mol. The highest BCUT2D eigenvalue weighted by molar-refractivity contribution is 5.38. The molecule has 1 N–H and O–H groups in total. The number of nitrogens with one attached hydrogen (secondary N) is 1. The highest BCUT2D eigenvalue weighted by Gasteiger charge is 2.14. The Labute approximate surface area is 181 Å². The quantitative estimate of drug-likeness (QED) is 0.258. The highest BCUT2D eigenvalue weighted by Crippen LogP contribution is 2.28. The van der Waals surface area contributed by atoms with Crippen LogP contribution < -0.4 is 5.32 Å². The fourth-order valence-electron chi connectivity index (χ4n) is 3.55. The molecule has 0 fully saturated rings. The van der Waals surface area contributed by atoms with Gasteiger partial charge in [0.2, 0.25) is 0 Å². The topological polar surface area (TPSA) is 12.0 Å². The molecule has 162 valence electrons. The Hall–Kier alpha value is -2.02. The van der Waals surface area contributed by atoms with Gasteiger partial charge in [-0.3, -0.25) is 0 Å². The molecule has 0 heterocycles. The van der Waals surface area contributed by atoms with Crippen LogP contribution in [0.4, 0.5) is 0 Å². The molecule has 0 radical (unpaired) electrons. The van der Waals surface area contributed by atoms with E-state index >= 15 is 0 Å². The molecule has 0 saturated carbocycles. The van der Waals surface area contributed by atoms with Gasteiger partial charge in [0.05, 0.1) is 0 Å². The van der Waals surface area contributed by atoms with Crippen LogP contribution in [0.25, 0.3) is 0 Å². The molecule has 0 aliphatic heterocycles. The van der Waals surface area contributed by atoms with Gasteiger partial charge in [0, 0.05) is 12.1 Å². The lowest BCUT2D eigenvalue weighted by atomic mass is 9.86. The van der Waals surface area contributed by atoms with Crippen LogP contribution in [0.5, 0.6) is 0 Å². The zero-order chi connectivity index (χ0) is 22.4. The third-order valence-electron chi connectivity index (χ3n) is 5.08. The van der Waals surface area contributed by atoms with Crippen molar-refractivity contribution in [2.45, 2.75) is 68.7 Å². The van der Waals surface area contributed by atoms with E-state index in [2.05, 4.69) is 123 Å². The predicted octanol–water partition coefficient (Wildman–Crippen LogP) is 8.53. The van der Waals surface area contributed by atoms with Gasteiger partial charge in [0.15, 0.2) is 0 Å². The van der Waals surface area contributed by atoms with Gasteiger partial charge in [0.1, 0.15) is 0 Å². The van der Waals surface area contributed by atoms with Crippen molar-refractivity contribution in [3.8, 4) is 0 Å². The van der Waals surface area contributed by atoms with Gasteiger partial charge >= 0.3 is 0 Å². The molecule has 0 rings (SSSR count). The van der Waals surface area contributed by atoms with Crippen LogP contribution in [0.15, 0.2) is 83.8 Å². The Morgan fingerprint density at radius 3 is 1.76 bits per heavy atom. The SMILES string of the molecule is C=CC\C=C/C=C(\C(=C/C)C(C)C)C(C)/C=C/N/C=C(\C(=C/C)C(C)C)C(C)C. The molecule has 0 bridgehead atoms. The summed E-state index contributed by atoms with van der Waals surface area (Å²) >= 11 is 0. The summed E-state index contributed by atoms with van der Waals surface area (Å²) in [5.41, 5.74) is 5.56. The van der Waals surface area contributed by atoms with Gasteiger partial charge in [-0.25, -0.2) is 0 Å². The molecular formula is C28H45N. The molecule has 1 heteroatoms. The molecule has 0 aliphatic rings. The minimum Gasteiger partial charge on any atom is -0.368 e. The molecule has 0 spiro atoms. The Balaban J connectivity index is 5.55. The average molecular weight is 396 g/mol. The largest absolute Gasteiger partial charge is 0.368 e. The molecule has 1 atom stereocenters. The van der Waals surface area contributed by atoms with Crippen LogP contribution in [0, 0.1) is 23.7 Å². The first-order valence-corrected chi connectivity index (χ1v) is 11.1. The minimum atomic E-state index is 0.326. The average Bonchev–Trinajstić information content (AvgIpc) is 2.65. The van der Waals surface area contributed by atoms with E-state index in [0.717, 1.165) is 6.42 Å². The van der Waals surface area contributed by atoms with Crippen molar-refractivity contribution in [3.05, 3.63) is 83.8 Å². The molecule has 0 aromatic carbocycles. The Morgan fingerprint density at radius 1 is 0.793 bits per heavy atom. The highest BCUT2D eigenvalue weighted by atomic mass is 14.8. The van der Waals surface area contributed by atoms with Crippen molar-refractivity contribution in [2.75, 3.05) is 0 Å². The second-order valence-electron chi connectivity index (χ2n) is 8.44. The van der Waals surface area contributed by atoms with E-state index in [4.69, 9.17) is 0 Å². The summed E-state index contributed by atoms with van der Waals surface area (Å²) in [7, 11) is 0. The van der Waals surface area contributed by atoms with Crippen molar-refractivity contribution in [1.82, 2.24) is 5.32 Å². The van der Waals surface area contributed by atoms with Gasteiger partial charge in [-0.15, -0.1) is 6.58 Å². The third-order valence-corrected chi connectivity index (χ3v) is 5.08. The van der Waals surface area contributed by atoms with Crippen LogP contribution in [0.3, 0.4) is 0 Å². The first kappa shape index (κ1) is 27.0. The van der Waals surface area contributed by atoms with Crippen LogP contribution >= 0.6 is 0 Å². The van der Waals surface area contributed by atoms with Crippen molar-refractivity contribution in [3.63, 3.8) is 0 Å². The first-order valence-electron chi connectivity index (χ1n) is 11.1. The van der Waals surface area contributed by atoms with E-state index in [1.165, 1.54) is 22.3 Å². The van der Waals surface area contributed by atoms with E-state index in [1.807, 2.05) is 6.08 Å². The lowest BCUT2D eigenvalue weighted by molar-refractivity contribution is 0.694. The molecule has 1 unspecified atom stereocenters. The fourth-order valence-corrected chi connectivity index (χ4v) is 3.55. The lowest BCUT2D eigenvalue weighted by Crippen LogP contribution is -2.09. The molecule has 0 aromatic heterocycles. The van der Waals surface area contributed by atoms with Gasteiger partial charge in [-0.1, -0.05) is 91.0 Å². The van der Waals surface area contributed by atoms with Crippen molar-refractivity contribution >= 4 is 0 Å². The molecular weight excluding hydrogens is 350 g/mol. The second kappa shape index (κ2) is 14.9. The maximum absolute atomic E-state index is 3.79. The number of hydrogen-bond acceptors (Lipinski definition) is 1. The smallest absolute Gasteiger partial charge is 0.00420 e. The normalized spacial score (nSPS) is 16.0. The number of hydrogen-bond donors (Lipinski definition) is 1. The maximum atomic E-state index is 3.79. The first-order chi connectivity index (χ1) is 13.7. The van der Waals surface area contributed by atoms with E-state index in [1.54, 1.807) is 0 Å². The van der Waals surface area contributed by atoms with Gasteiger partial charge in [0.25, 0.3) is 0 Å². The maximum Gasteiger partial charge on any atom is 0.00420 e. The summed E-state index contributed by atoms with van der Waals surface area (Å²) in [5.74, 6) is 1.84. The summed E-state index contributed by atoms with van der Waals surface area (Å²) in [4.78, 5) is 0. The molecule has 29 heavy (non-hydrogen) atoms. The van der Waals surface area contributed by atoms with Crippen LogP contribution in [-0.4, -0.2) is 0 Å². The van der Waals surface area contributed by atoms with Crippen LogP contribution in [0.1, 0.15) is 68.7 Å². The summed E-state index contributed by atoms with van der Waals surface area (Å²) in [6, 6.07) is 0. The van der Waals surface area contributed by atoms with E-state index < -0.39 is 0 Å². The molecule has 0 amide bonds. The minimum absolute atomic E-state index is 0.326. The standard InChI is InChI=1S/C28H45N/c1-11-14-15-16-17-27(25(12-2)21(4)5)24(10)18-19-29-20-28(23(8)9)26(13-3)22(6)7/h11-13,15-24,29H,1,14H2,2-10H3/b16-15-,19-18+,25-12-,26-13-,27-17-,28-20-. The molecule has 1 nitrogen and oxygen atoms in total. The monoisotopic (exact) mass is 395 g/mol. The lowest BCUT2D eigenvalue weighted by Gasteiger charge is -2.20. The summed E-state index contributed by atoms with van der Waals surface area (Å²) in [6.07, 6.45) is 20.3. The van der Waals surface area contributed by atoms with Crippen molar-refractivity contribution in [1.29, 1.82) is 0 Å². The zero-order valence-electron chi connectivity index (χ0n) is 20.4. The summed E-state index contributed by atoms with van der Waals surface area (Å²) < 4.78 is 0. The van der Waals surface area contributed by atoms with E-state index in [-0.39, 0.29) is 0 Å². The summed E-state index contributed by atoms with van der Waals surface area (Å²) in [6.45, 7) is 23.8. The van der Waals surface area contributed by atoms with Crippen LogP contribution in [-0.2, 0) is 0 Å². The molecule has 0 aliphatic carbocycles.